The summed E-state index contributed by atoms with van der Waals surface area (Å²) in [6.45, 7) is 7.21. The number of nitrogens with zero attached hydrogens (tertiary/aromatic N) is 2. The fraction of sp³-hybridized carbons (Fsp3) is 0.786. The third-order valence-electron chi connectivity index (χ3n) is 3.62. The summed E-state index contributed by atoms with van der Waals surface area (Å²) in [6, 6.07) is 0.362. The molecular weight excluding hydrogens is 226 g/mol. The Labute approximate surface area is 109 Å². The number of fused-ring (bicyclic) bond motifs is 1. The van der Waals surface area contributed by atoms with Crippen LogP contribution in [0.1, 0.15) is 45.0 Å². The highest BCUT2D eigenvalue weighted by Crippen LogP contribution is 2.21. The molecule has 0 saturated carbocycles. The highest BCUT2D eigenvalue weighted by molar-refractivity contribution is 5.16. The molecule has 0 radical (unpaired) electrons. The number of aryl methyl sites for hydroxylation is 1. The smallest absolute Gasteiger partial charge is 0.0952 e. The molecule has 2 N–H and O–H groups in total. The molecule has 0 amide bonds. The van der Waals surface area contributed by atoms with E-state index in [4.69, 9.17) is 0 Å². The molecule has 1 aliphatic rings. The van der Waals surface area contributed by atoms with E-state index in [1.54, 1.807) is 0 Å². The Kier molecular flexibility index (Phi) is 4.07. The summed E-state index contributed by atoms with van der Waals surface area (Å²) in [4.78, 5) is 4.51. The van der Waals surface area contributed by atoms with E-state index in [0.717, 1.165) is 19.4 Å². The summed E-state index contributed by atoms with van der Waals surface area (Å²) in [6.07, 6.45) is 6.68. The van der Waals surface area contributed by atoms with Crippen LogP contribution >= 0.6 is 0 Å². The zero-order chi connectivity index (χ0) is 13.2. The van der Waals surface area contributed by atoms with Crippen LogP contribution in [0.15, 0.2) is 6.33 Å². The maximum Gasteiger partial charge on any atom is 0.0952 e. The van der Waals surface area contributed by atoms with Gasteiger partial charge in [0.15, 0.2) is 0 Å². The number of imidazole rings is 1. The highest BCUT2D eigenvalue weighted by atomic mass is 16.3. The predicted octanol–water partition coefficient (Wildman–Crippen LogP) is 1.51. The Bertz CT molecular complexity index is 400. The molecule has 0 fully saturated rings. The van der Waals surface area contributed by atoms with Crippen LogP contribution in [0.2, 0.25) is 0 Å². The number of aromatic nitrogens is 2. The second kappa shape index (κ2) is 5.41. The minimum atomic E-state index is -0.278. The van der Waals surface area contributed by atoms with Crippen LogP contribution in [0.4, 0.5) is 0 Å². The van der Waals surface area contributed by atoms with Crippen molar-refractivity contribution in [2.24, 2.45) is 0 Å². The molecule has 4 nitrogen and oxygen atoms in total. The molecule has 1 unspecified atom stereocenters. The lowest BCUT2D eigenvalue weighted by Gasteiger charge is -2.32. The largest absolute Gasteiger partial charge is 0.394 e. The van der Waals surface area contributed by atoms with Gasteiger partial charge in [0.25, 0.3) is 0 Å². The van der Waals surface area contributed by atoms with E-state index in [-0.39, 0.29) is 12.1 Å². The van der Waals surface area contributed by atoms with E-state index in [1.807, 2.05) is 6.33 Å². The minimum Gasteiger partial charge on any atom is -0.394 e. The van der Waals surface area contributed by atoms with Crippen LogP contribution in [-0.4, -0.2) is 32.8 Å². The molecule has 1 heterocycles. The molecule has 4 heteroatoms. The molecule has 0 saturated heterocycles. The van der Waals surface area contributed by atoms with Crippen molar-refractivity contribution < 1.29 is 5.11 Å². The quantitative estimate of drug-likeness (QED) is 0.834. The van der Waals surface area contributed by atoms with Crippen molar-refractivity contribution in [1.29, 1.82) is 0 Å². The van der Waals surface area contributed by atoms with Crippen molar-refractivity contribution in [3.63, 3.8) is 0 Å². The molecular formula is C14H25N3O. The van der Waals surface area contributed by atoms with E-state index in [9.17, 15) is 5.11 Å². The minimum absolute atomic E-state index is 0.137. The number of rotatable bonds is 5. The Hall–Kier alpha value is -0.870. The van der Waals surface area contributed by atoms with Crippen molar-refractivity contribution >= 4 is 0 Å². The van der Waals surface area contributed by atoms with Gasteiger partial charge in [-0.05, 0) is 32.6 Å². The molecule has 2 rings (SSSR count). The molecule has 1 aliphatic carbocycles. The Morgan fingerprint density at radius 3 is 2.83 bits per heavy atom. The van der Waals surface area contributed by atoms with Crippen molar-refractivity contribution in [1.82, 2.24) is 14.9 Å². The van der Waals surface area contributed by atoms with E-state index in [2.05, 4.69) is 35.6 Å². The number of aliphatic hydroxyl groups excluding tert-OH is 1. The molecule has 0 aromatic carbocycles. The first-order valence-electron chi connectivity index (χ1n) is 6.95. The Morgan fingerprint density at radius 1 is 1.44 bits per heavy atom. The number of hydrogen-bond acceptors (Lipinski definition) is 3. The van der Waals surface area contributed by atoms with E-state index in [1.165, 1.54) is 24.2 Å². The van der Waals surface area contributed by atoms with E-state index in [0.29, 0.717) is 6.04 Å². The lowest BCUT2D eigenvalue weighted by atomic mass is 9.99. The van der Waals surface area contributed by atoms with Crippen LogP contribution < -0.4 is 5.32 Å². The maximum atomic E-state index is 9.64. The lowest BCUT2D eigenvalue weighted by Crippen LogP contribution is -2.52. The SMILES string of the molecule is CC(C)NC(C)(CO)Cn1cnc2c1CCCC2. The Morgan fingerprint density at radius 2 is 2.17 bits per heavy atom. The molecule has 18 heavy (non-hydrogen) atoms. The van der Waals surface area contributed by atoms with Gasteiger partial charge in [-0.25, -0.2) is 4.98 Å². The lowest BCUT2D eigenvalue weighted by molar-refractivity contribution is 0.147. The monoisotopic (exact) mass is 251 g/mol. The topological polar surface area (TPSA) is 50.1 Å². The molecule has 1 atom stereocenters. The summed E-state index contributed by atoms with van der Waals surface area (Å²) >= 11 is 0. The van der Waals surface area contributed by atoms with Crippen molar-refractivity contribution in [3.8, 4) is 0 Å². The van der Waals surface area contributed by atoms with Gasteiger partial charge in [-0.3, -0.25) is 0 Å². The molecule has 0 aliphatic heterocycles. The molecule has 0 bridgehead atoms. The van der Waals surface area contributed by atoms with Gasteiger partial charge in [-0.15, -0.1) is 0 Å². The Balaban J connectivity index is 2.14. The van der Waals surface area contributed by atoms with Crippen LogP contribution in [0.5, 0.6) is 0 Å². The van der Waals surface area contributed by atoms with Crippen LogP contribution in [0.25, 0.3) is 0 Å². The van der Waals surface area contributed by atoms with E-state index < -0.39 is 0 Å². The second-order valence-electron chi connectivity index (χ2n) is 5.99. The molecule has 1 aromatic rings. The van der Waals surface area contributed by atoms with Crippen molar-refractivity contribution in [2.75, 3.05) is 6.61 Å². The summed E-state index contributed by atoms with van der Waals surface area (Å²) in [5.41, 5.74) is 2.35. The van der Waals surface area contributed by atoms with Gasteiger partial charge in [0.2, 0.25) is 0 Å². The predicted molar refractivity (Wildman–Crippen MR) is 72.6 cm³/mol. The second-order valence-corrected chi connectivity index (χ2v) is 5.99. The number of nitrogens with one attached hydrogen (secondary N) is 1. The third-order valence-corrected chi connectivity index (χ3v) is 3.62. The van der Waals surface area contributed by atoms with Crippen LogP contribution in [-0.2, 0) is 19.4 Å². The first-order valence-corrected chi connectivity index (χ1v) is 6.95. The van der Waals surface area contributed by atoms with Gasteiger partial charge in [-0.1, -0.05) is 13.8 Å². The van der Waals surface area contributed by atoms with Gasteiger partial charge in [0, 0.05) is 18.3 Å². The number of aliphatic hydroxyl groups is 1. The van der Waals surface area contributed by atoms with Gasteiger partial charge in [-0.2, -0.15) is 0 Å². The summed E-state index contributed by atoms with van der Waals surface area (Å²) < 4.78 is 2.22. The fourth-order valence-corrected chi connectivity index (χ4v) is 2.88. The van der Waals surface area contributed by atoms with Crippen LogP contribution in [0.3, 0.4) is 0 Å². The van der Waals surface area contributed by atoms with Gasteiger partial charge in [0.05, 0.1) is 24.2 Å². The molecule has 102 valence electrons. The van der Waals surface area contributed by atoms with Gasteiger partial charge >= 0.3 is 0 Å². The molecule has 1 aromatic heterocycles. The zero-order valence-corrected chi connectivity index (χ0v) is 11.7. The average Bonchev–Trinajstić information content (AvgIpc) is 2.72. The van der Waals surface area contributed by atoms with Gasteiger partial charge < -0.3 is 15.0 Å². The normalized spacial score (nSPS) is 18.7. The van der Waals surface area contributed by atoms with Crippen molar-refractivity contribution in [3.05, 3.63) is 17.7 Å². The third kappa shape index (κ3) is 2.93. The summed E-state index contributed by atoms with van der Waals surface area (Å²) in [7, 11) is 0. The standard InChI is InChI=1S/C14H25N3O/c1-11(2)16-14(3,9-18)8-17-10-15-12-6-4-5-7-13(12)17/h10-11,16,18H,4-9H2,1-3H3. The van der Waals surface area contributed by atoms with Gasteiger partial charge in [0.1, 0.15) is 0 Å². The first kappa shape index (κ1) is 13.6. The maximum absolute atomic E-state index is 9.64. The fourth-order valence-electron chi connectivity index (χ4n) is 2.88. The number of hydrogen-bond donors (Lipinski definition) is 2. The summed E-state index contributed by atoms with van der Waals surface area (Å²) in [5, 5.41) is 13.1. The first-order chi connectivity index (χ1) is 8.54. The highest BCUT2D eigenvalue weighted by Gasteiger charge is 2.26. The molecule has 0 spiro atoms. The average molecular weight is 251 g/mol. The van der Waals surface area contributed by atoms with E-state index >= 15 is 0 Å². The zero-order valence-electron chi connectivity index (χ0n) is 11.7. The van der Waals surface area contributed by atoms with Crippen molar-refractivity contribution in [2.45, 2.75) is 64.6 Å². The van der Waals surface area contributed by atoms with Crippen LogP contribution in [0, 0.1) is 0 Å². The summed E-state index contributed by atoms with van der Waals surface area (Å²) in [5.74, 6) is 0.